The lowest BCUT2D eigenvalue weighted by Gasteiger charge is -2.13. The first-order valence-corrected chi connectivity index (χ1v) is 8.57. The summed E-state index contributed by atoms with van der Waals surface area (Å²) in [5.74, 6) is 0.168. The van der Waals surface area contributed by atoms with Crippen LogP contribution < -0.4 is 10.6 Å². The molecule has 3 aromatic rings. The van der Waals surface area contributed by atoms with Crippen LogP contribution >= 0.6 is 0 Å². The minimum absolute atomic E-state index is 0.149. The van der Waals surface area contributed by atoms with Crippen molar-refractivity contribution in [2.24, 2.45) is 0 Å². The van der Waals surface area contributed by atoms with Gasteiger partial charge >= 0.3 is 0 Å². The Labute approximate surface area is 167 Å². The van der Waals surface area contributed by atoms with E-state index in [0.717, 1.165) is 0 Å². The molecular formula is C21H17N7O. The summed E-state index contributed by atoms with van der Waals surface area (Å²) in [4.78, 5) is 24.8. The summed E-state index contributed by atoms with van der Waals surface area (Å²) in [7, 11) is 0. The average Bonchev–Trinajstić information content (AvgIpc) is 2.74. The van der Waals surface area contributed by atoms with Crippen molar-refractivity contribution in [3.63, 3.8) is 0 Å². The molecule has 1 aromatic carbocycles. The number of pyridine rings is 1. The van der Waals surface area contributed by atoms with E-state index in [9.17, 15) is 10.1 Å². The first kappa shape index (κ1) is 19.4. The maximum atomic E-state index is 12.9. The van der Waals surface area contributed by atoms with Crippen LogP contribution in [0.4, 0.5) is 17.2 Å². The zero-order valence-corrected chi connectivity index (χ0v) is 15.6. The average molecular weight is 383 g/mol. The normalized spacial score (nSPS) is 9.93. The highest BCUT2D eigenvalue weighted by Gasteiger charge is 2.17. The van der Waals surface area contributed by atoms with Gasteiger partial charge in [0.1, 0.15) is 23.9 Å². The number of hydrogen-bond acceptors (Lipinski definition) is 7. The molecule has 0 aliphatic rings. The SMILES string of the molecule is C=C(C)c1c(C(=O)Nc2ccc(C=N)c(Nc3ccncn3)c2)ccnc1C#N. The number of nitrogens with zero attached hydrogens (tertiary/aromatic N) is 4. The predicted molar refractivity (Wildman–Crippen MR) is 111 cm³/mol. The minimum atomic E-state index is -0.391. The molecule has 0 radical (unpaired) electrons. The number of aromatic nitrogens is 3. The number of hydrogen-bond donors (Lipinski definition) is 3. The van der Waals surface area contributed by atoms with E-state index >= 15 is 0 Å². The molecular weight excluding hydrogens is 366 g/mol. The van der Waals surface area contributed by atoms with Gasteiger partial charge in [-0.25, -0.2) is 15.0 Å². The molecule has 0 atom stereocenters. The molecule has 8 nitrogen and oxygen atoms in total. The van der Waals surface area contributed by atoms with Gasteiger partial charge in [-0.15, -0.1) is 0 Å². The Morgan fingerprint density at radius 3 is 2.72 bits per heavy atom. The highest BCUT2D eigenvalue weighted by molar-refractivity contribution is 6.08. The van der Waals surface area contributed by atoms with Crippen molar-refractivity contribution in [3.05, 3.63) is 78.0 Å². The van der Waals surface area contributed by atoms with Crippen molar-refractivity contribution in [2.75, 3.05) is 10.6 Å². The molecule has 2 aromatic heterocycles. The van der Waals surface area contributed by atoms with Crippen LogP contribution in [0.2, 0.25) is 0 Å². The molecule has 0 spiro atoms. The molecule has 3 N–H and O–H groups in total. The summed E-state index contributed by atoms with van der Waals surface area (Å²) in [5, 5.41) is 22.8. The Balaban J connectivity index is 1.92. The van der Waals surface area contributed by atoms with Gasteiger partial charge in [0.15, 0.2) is 0 Å². The number of carbonyl (C=O) groups is 1. The molecule has 8 heteroatoms. The number of nitriles is 1. The zero-order chi connectivity index (χ0) is 20.8. The lowest BCUT2D eigenvalue weighted by Crippen LogP contribution is -2.15. The van der Waals surface area contributed by atoms with Crippen LogP contribution in [0.25, 0.3) is 5.57 Å². The molecule has 1 amide bonds. The van der Waals surface area contributed by atoms with Gasteiger partial charge in [0.25, 0.3) is 5.91 Å². The van der Waals surface area contributed by atoms with Crippen LogP contribution in [0.3, 0.4) is 0 Å². The number of anilines is 3. The van der Waals surface area contributed by atoms with Gasteiger partial charge in [-0.2, -0.15) is 5.26 Å². The van der Waals surface area contributed by atoms with Crippen LogP contribution in [0.5, 0.6) is 0 Å². The molecule has 0 aliphatic heterocycles. The lowest BCUT2D eigenvalue weighted by molar-refractivity contribution is 0.102. The number of carbonyl (C=O) groups excluding carboxylic acids is 1. The minimum Gasteiger partial charge on any atom is -0.340 e. The maximum absolute atomic E-state index is 12.9. The zero-order valence-electron chi connectivity index (χ0n) is 15.6. The van der Waals surface area contributed by atoms with Crippen LogP contribution in [-0.2, 0) is 0 Å². The molecule has 3 rings (SSSR count). The monoisotopic (exact) mass is 383 g/mol. The van der Waals surface area contributed by atoms with Crippen molar-refractivity contribution in [2.45, 2.75) is 6.92 Å². The highest BCUT2D eigenvalue weighted by atomic mass is 16.1. The smallest absolute Gasteiger partial charge is 0.256 e. The van der Waals surface area contributed by atoms with Crippen LogP contribution in [0.1, 0.15) is 34.1 Å². The van der Waals surface area contributed by atoms with Gasteiger partial charge in [0.2, 0.25) is 0 Å². The second-order valence-corrected chi connectivity index (χ2v) is 6.09. The Morgan fingerprint density at radius 2 is 2.07 bits per heavy atom. The molecule has 0 unspecified atom stereocenters. The second-order valence-electron chi connectivity index (χ2n) is 6.09. The second kappa shape index (κ2) is 8.54. The fourth-order valence-electron chi connectivity index (χ4n) is 2.74. The number of nitrogens with one attached hydrogen (secondary N) is 3. The van der Waals surface area contributed by atoms with E-state index < -0.39 is 5.91 Å². The number of benzene rings is 1. The molecule has 0 saturated carbocycles. The van der Waals surface area contributed by atoms with E-state index in [1.807, 2.05) is 6.07 Å². The predicted octanol–water partition coefficient (Wildman–Crippen LogP) is 3.77. The van der Waals surface area contributed by atoms with Gasteiger partial charge in [-0.05, 0) is 42.8 Å². The molecule has 0 aliphatic carbocycles. The van der Waals surface area contributed by atoms with E-state index in [0.29, 0.717) is 39.5 Å². The van der Waals surface area contributed by atoms with Crippen molar-refractivity contribution in [1.82, 2.24) is 15.0 Å². The van der Waals surface area contributed by atoms with Crippen molar-refractivity contribution >= 4 is 34.9 Å². The Bertz CT molecular complexity index is 1130. The maximum Gasteiger partial charge on any atom is 0.256 e. The Hall–Kier alpha value is -4.38. The van der Waals surface area contributed by atoms with Crippen LogP contribution in [0, 0.1) is 16.7 Å². The van der Waals surface area contributed by atoms with Crippen molar-refractivity contribution in [3.8, 4) is 6.07 Å². The van der Waals surface area contributed by atoms with Gasteiger partial charge < -0.3 is 16.0 Å². The molecule has 0 saturated heterocycles. The standard InChI is InChI=1S/C21H17N7O/c1-13(2)20-16(5-8-25-18(20)11-23)21(29)27-15-4-3-14(10-22)17(9-15)28-19-6-7-24-12-26-19/h3-10,12,22H,1H2,2H3,(H,27,29)(H,24,26,28). The van der Waals surface area contributed by atoms with Gasteiger partial charge in [0.05, 0.1) is 11.3 Å². The van der Waals surface area contributed by atoms with Crippen molar-refractivity contribution < 1.29 is 4.79 Å². The third-order valence-electron chi connectivity index (χ3n) is 4.04. The van der Waals surface area contributed by atoms with Gasteiger partial charge in [-0.1, -0.05) is 6.58 Å². The summed E-state index contributed by atoms with van der Waals surface area (Å²) < 4.78 is 0. The fraction of sp³-hybridized carbons (Fsp3) is 0.0476. The van der Waals surface area contributed by atoms with E-state index in [1.54, 1.807) is 43.5 Å². The summed E-state index contributed by atoms with van der Waals surface area (Å²) >= 11 is 0. The van der Waals surface area contributed by atoms with Crippen molar-refractivity contribution in [1.29, 1.82) is 10.7 Å². The highest BCUT2D eigenvalue weighted by Crippen LogP contribution is 2.25. The van der Waals surface area contributed by atoms with Crippen LogP contribution in [-0.4, -0.2) is 27.1 Å². The molecule has 0 fully saturated rings. The first-order valence-electron chi connectivity index (χ1n) is 8.57. The van der Waals surface area contributed by atoms with E-state index in [4.69, 9.17) is 5.41 Å². The summed E-state index contributed by atoms with van der Waals surface area (Å²) in [6.45, 7) is 5.57. The largest absolute Gasteiger partial charge is 0.340 e. The topological polar surface area (TPSA) is 127 Å². The summed E-state index contributed by atoms with van der Waals surface area (Å²) in [5.41, 5.74) is 3.19. The summed E-state index contributed by atoms with van der Waals surface area (Å²) in [6, 6.07) is 10.3. The fourth-order valence-corrected chi connectivity index (χ4v) is 2.74. The molecule has 142 valence electrons. The lowest BCUT2D eigenvalue weighted by atomic mass is 10.00. The van der Waals surface area contributed by atoms with Gasteiger partial charge in [-0.3, -0.25) is 4.79 Å². The third kappa shape index (κ3) is 4.31. The number of allylic oxidation sites excluding steroid dienone is 1. The molecule has 0 bridgehead atoms. The number of amides is 1. The number of rotatable bonds is 6. The quantitative estimate of drug-likeness (QED) is 0.556. The van der Waals surface area contributed by atoms with Crippen LogP contribution in [0.15, 0.2) is 55.6 Å². The van der Waals surface area contributed by atoms with E-state index in [-0.39, 0.29) is 5.69 Å². The third-order valence-corrected chi connectivity index (χ3v) is 4.04. The molecule has 2 heterocycles. The van der Waals surface area contributed by atoms with E-state index in [2.05, 4.69) is 32.2 Å². The van der Waals surface area contributed by atoms with Gasteiger partial charge in [0, 0.05) is 35.4 Å². The Morgan fingerprint density at radius 1 is 1.24 bits per heavy atom. The first-order chi connectivity index (χ1) is 14.0. The Kier molecular flexibility index (Phi) is 5.71. The summed E-state index contributed by atoms with van der Waals surface area (Å²) in [6.07, 6.45) is 5.63. The molecule has 29 heavy (non-hydrogen) atoms. The van der Waals surface area contributed by atoms with E-state index in [1.165, 1.54) is 18.7 Å².